The minimum atomic E-state index is 0.552. The third-order valence-electron chi connectivity index (χ3n) is 1.81. The Morgan fingerprint density at radius 3 is 3.08 bits per heavy atom. The molecule has 0 bridgehead atoms. The van der Waals surface area contributed by atoms with Crippen molar-refractivity contribution in [3.05, 3.63) is 5.82 Å². The smallest absolute Gasteiger partial charge is 0.152 e. The van der Waals surface area contributed by atoms with Gasteiger partial charge in [-0.2, -0.15) is 4.80 Å². The Morgan fingerprint density at radius 2 is 2.42 bits per heavy atom. The highest BCUT2D eigenvalue weighted by molar-refractivity contribution is 5.01. The summed E-state index contributed by atoms with van der Waals surface area (Å²) < 4.78 is 0. The molecule has 0 saturated heterocycles. The number of nitrogens with zero attached hydrogens (tertiary/aromatic N) is 4. The molecule has 1 aromatic rings. The largest absolute Gasteiger partial charge is 0.177 e. The molecule has 0 aliphatic heterocycles. The van der Waals surface area contributed by atoms with Gasteiger partial charge in [0, 0.05) is 5.92 Å². The standard InChI is InChI=1S/C8H10N4/c1-2-3-6-12-10-8(9-11-12)7-4-5-7/h7H,4-6H2,1H3. The van der Waals surface area contributed by atoms with Gasteiger partial charge in [-0.1, -0.05) is 5.92 Å². The van der Waals surface area contributed by atoms with Crippen LogP contribution in [0.3, 0.4) is 0 Å². The predicted molar refractivity (Wildman–Crippen MR) is 43.2 cm³/mol. The van der Waals surface area contributed by atoms with Crippen LogP contribution in [0.15, 0.2) is 0 Å². The first-order chi connectivity index (χ1) is 5.90. The molecule has 0 atom stereocenters. The maximum atomic E-state index is 4.20. The monoisotopic (exact) mass is 162 g/mol. The minimum Gasteiger partial charge on any atom is -0.152 e. The van der Waals surface area contributed by atoms with Gasteiger partial charge in [-0.05, 0) is 25.0 Å². The van der Waals surface area contributed by atoms with Gasteiger partial charge in [-0.15, -0.1) is 16.1 Å². The van der Waals surface area contributed by atoms with Crippen molar-refractivity contribution >= 4 is 0 Å². The first-order valence-corrected chi connectivity index (χ1v) is 4.07. The van der Waals surface area contributed by atoms with Crippen molar-refractivity contribution in [1.29, 1.82) is 0 Å². The van der Waals surface area contributed by atoms with Gasteiger partial charge in [0.25, 0.3) is 0 Å². The Hall–Kier alpha value is -1.37. The summed E-state index contributed by atoms with van der Waals surface area (Å²) in [5.74, 6) is 7.14. The van der Waals surface area contributed by atoms with Crippen molar-refractivity contribution in [1.82, 2.24) is 20.2 Å². The van der Waals surface area contributed by atoms with Gasteiger partial charge < -0.3 is 0 Å². The molecule has 12 heavy (non-hydrogen) atoms. The van der Waals surface area contributed by atoms with Crippen molar-refractivity contribution in [2.45, 2.75) is 32.2 Å². The summed E-state index contributed by atoms with van der Waals surface area (Å²) in [5.41, 5.74) is 0. The number of rotatable bonds is 2. The van der Waals surface area contributed by atoms with E-state index in [0.29, 0.717) is 12.5 Å². The molecule has 1 aliphatic rings. The molecule has 0 aromatic carbocycles. The van der Waals surface area contributed by atoms with Crippen LogP contribution in [-0.4, -0.2) is 20.2 Å². The Kier molecular flexibility index (Phi) is 1.78. The zero-order valence-electron chi connectivity index (χ0n) is 6.99. The van der Waals surface area contributed by atoms with Crippen LogP contribution in [0.1, 0.15) is 31.5 Å². The first kappa shape index (κ1) is 7.29. The second-order valence-corrected chi connectivity index (χ2v) is 2.88. The molecule has 1 aromatic heterocycles. The second-order valence-electron chi connectivity index (χ2n) is 2.88. The SMILES string of the molecule is CC#CCn1nnc(C2CC2)n1. The fraction of sp³-hybridized carbons (Fsp3) is 0.625. The maximum absolute atomic E-state index is 4.20. The summed E-state index contributed by atoms with van der Waals surface area (Å²) in [6, 6.07) is 0. The molecular weight excluding hydrogens is 152 g/mol. The van der Waals surface area contributed by atoms with E-state index in [1.807, 2.05) is 0 Å². The van der Waals surface area contributed by atoms with Gasteiger partial charge in [-0.3, -0.25) is 0 Å². The fourth-order valence-electron chi connectivity index (χ4n) is 0.977. The maximum Gasteiger partial charge on any atom is 0.177 e. The Morgan fingerprint density at radius 1 is 1.58 bits per heavy atom. The van der Waals surface area contributed by atoms with E-state index in [1.165, 1.54) is 12.8 Å². The van der Waals surface area contributed by atoms with Crippen molar-refractivity contribution < 1.29 is 0 Å². The lowest BCUT2D eigenvalue weighted by Crippen LogP contribution is -2.00. The van der Waals surface area contributed by atoms with E-state index in [-0.39, 0.29) is 0 Å². The van der Waals surface area contributed by atoms with Crippen LogP contribution < -0.4 is 0 Å². The Balaban J connectivity index is 2.05. The van der Waals surface area contributed by atoms with Crippen LogP contribution in [-0.2, 0) is 6.54 Å². The van der Waals surface area contributed by atoms with Crippen molar-refractivity contribution in [3.63, 3.8) is 0 Å². The van der Waals surface area contributed by atoms with E-state index in [4.69, 9.17) is 0 Å². The number of aromatic nitrogens is 4. The van der Waals surface area contributed by atoms with Crippen LogP contribution >= 0.6 is 0 Å². The topological polar surface area (TPSA) is 43.6 Å². The molecule has 0 radical (unpaired) electrons. The predicted octanol–water partition coefficient (Wildman–Crippen LogP) is 0.574. The average Bonchev–Trinajstić information content (AvgIpc) is 2.83. The fourth-order valence-corrected chi connectivity index (χ4v) is 0.977. The Bertz CT molecular complexity index is 326. The van der Waals surface area contributed by atoms with E-state index in [1.54, 1.807) is 11.7 Å². The van der Waals surface area contributed by atoms with E-state index >= 15 is 0 Å². The molecule has 0 N–H and O–H groups in total. The molecular formula is C8H10N4. The van der Waals surface area contributed by atoms with Crippen LogP contribution in [0.5, 0.6) is 0 Å². The molecule has 0 spiro atoms. The zero-order chi connectivity index (χ0) is 8.39. The van der Waals surface area contributed by atoms with Gasteiger partial charge in [0.1, 0.15) is 6.54 Å². The molecule has 1 saturated carbocycles. The normalized spacial score (nSPS) is 15.4. The van der Waals surface area contributed by atoms with Crippen LogP contribution in [0.2, 0.25) is 0 Å². The lowest BCUT2D eigenvalue weighted by molar-refractivity contribution is 0.589. The molecule has 4 nitrogen and oxygen atoms in total. The molecule has 0 amide bonds. The molecule has 2 rings (SSSR count). The zero-order valence-corrected chi connectivity index (χ0v) is 6.99. The number of hydrogen-bond acceptors (Lipinski definition) is 3. The summed E-state index contributed by atoms with van der Waals surface area (Å²) in [5, 5.41) is 12.0. The van der Waals surface area contributed by atoms with Crippen LogP contribution in [0.4, 0.5) is 0 Å². The van der Waals surface area contributed by atoms with Gasteiger partial charge in [-0.25, -0.2) is 0 Å². The van der Waals surface area contributed by atoms with Gasteiger partial charge in [0.05, 0.1) is 0 Å². The van der Waals surface area contributed by atoms with Crippen molar-refractivity contribution in [2.75, 3.05) is 0 Å². The highest BCUT2D eigenvalue weighted by Gasteiger charge is 2.28. The number of hydrogen-bond donors (Lipinski definition) is 0. The highest BCUT2D eigenvalue weighted by Crippen LogP contribution is 2.37. The van der Waals surface area contributed by atoms with Crippen LogP contribution in [0.25, 0.3) is 0 Å². The van der Waals surface area contributed by atoms with E-state index < -0.39 is 0 Å². The summed E-state index contributed by atoms with van der Waals surface area (Å²) in [4.78, 5) is 1.55. The summed E-state index contributed by atoms with van der Waals surface area (Å²) in [7, 11) is 0. The first-order valence-electron chi connectivity index (χ1n) is 4.07. The Labute approximate surface area is 71.0 Å². The second kappa shape index (κ2) is 2.94. The molecule has 62 valence electrons. The molecule has 0 unspecified atom stereocenters. The molecule has 1 aliphatic carbocycles. The number of tetrazole rings is 1. The van der Waals surface area contributed by atoms with Crippen LogP contribution in [0, 0.1) is 11.8 Å². The third kappa shape index (κ3) is 1.45. The summed E-state index contributed by atoms with van der Waals surface area (Å²) >= 11 is 0. The lowest BCUT2D eigenvalue weighted by atomic mass is 10.4. The minimum absolute atomic E-state index is 0.552. The molecule has 4 heteroatoms. The van der Waals surface area contributed by atoms with E-state index in [2.05, 4.69) is 27.3 Å². The lowest BCUT2D eigenvalue weighted by Gasteiger charge is -1.86. The van der Waals surface area contributed by atoms with E-state index in [9.17, 15) is 0 Å². The average molecular weight is 162 g/mol. The van der Waals surface area contributed by atoms with Gasteiger partial charge >= 0.3 is 0 Å². The molecule has 1 heterocycles. The highest BCUT2D eigenvalue weighted by atomic mass is 15.6. The van der Waals surface area contributed by atoms with Crippen molar-refractivity contribution in [2.24, 2.45) is 0 Å². The van der Waals surface area contributed by atoms with Crippen molar-refractivity contribution in [3.8, 4) is 11.8 Å². The third-order valence-corrected chi connectivity index (χ3v) is 1.81. The summed E-state index contributed by atoms with van der Waals surface area (Å²) in [6.07, 6.45) is 2.43. The quantitative estimate of drug-likeness (QED) is 0.597. The summed E-state index contributed by atoms with van der Waals surface area (Å²) in [6.45, 7) is 2.36. The molecule has 1 fully saturated rings. The van der Waals surface area contributed by atoms with E-state index in [0.717, 1.165) is 5.82 Å². The van der Waals surface area contributed by atoms with Gasteiger partial charge in [0.15, 0.2) is 5.82 Å². The van der Waals surface area contributed by atoms with Gasteiger partial charge in [0.2, 0.25) is 0 Å².